The van der Waals surface area contributed by atoms with Crippen LogP contribution in [0.3, 0.4) is 0 Å². The maximum absolute atomic E-state index is 3.13. The minimum absolute atomic E-state index is 0. The van der Waals surface area contributed by atoms with E-state index in [4.69, 9.17) is 0 Å². The first-order valence-electron chi connectivity index (χ1n) is 3.98. The van der Waals surface area contributed by atoms with Gasteiger partial charge in [0.2, 0.25) is 7.28 Å². The number of H-pyrrole nitrogens is 1. The highest BCUT2D eigenvalue weighted by molar-refractivity contribution is 6.66. The van der Waals surface area contributed by atoms with Gasteiger partial charge < -0.3 is 15.9 Å². The summed E-state index contributed by atoms with van der Waals surface area (Å²) < 4.78 is 0. The monoisotopic (exact) mass is 190 g/mol. The predicted molar refractivity (Wildman–Crippen MR) is 59.5 cm³/mol. The summed E-state index contributed by atoms with van der Waals surface area (Å²) in [6.07, 6.45) is 1.93. The van der Waals surface area contributed by atoms with Gasteiger partial charge in [0.25, 0.3) is 0 Å². The van der Waals surface area contributed by atoms with Gasteiger partial charge in [0.05, 0.1) is 0 Å². The molecular formula is C10H13BNO2. The van der Waals surface area contributed by atoms with Crippen LogP contribution in [-0.2, 0) is 0 Å². The van der Waals surface area contributed by atoms with E-state index < -0.39 is 0 Å². The topological polar surface area (TPSA) is 78.8 Å². The predicted octanol–water partition coefficient (Wildman–Crippen LogP) is -0.980. The average molecular weight is 190 g/mol. The molecule has 1 radical (unpaired) electrons. The highest BCUT2D eigenvalue weighted by Gasteiger charge is 1.96. The molecule has 14 heavy (non-hydrogen) atoms. The van der Waals surface area contributed by atoms with Crippen molar-refractivity contribution in [2.24, 2.45) is 0 Å². The van der Waals surface area contributed by atoms with E-state index in [0.717, 1.165) is 5.59 Å². The third-order valence-corrected chi connectivity index (χ3v) is 1.74. The van der Waals surface area contributed by atoms with Crippen LogP contribution in [0.1, 0.15) is 0 Å². The van der Waals surface area contributed by atoms with E-state index in [0.29, 0.717) is 0 Å². The second-order valence-corrected chi connectivity index (χ2v) is 2.68. The fraction of sp³-hybridized carbons (Fsp3) is 0. The van der Waals surface area contributed by atoms with Crippen molar-refractivity contribution in [1.82, 2.24) is 4.98 Å². The summed E-state index contributed by atoms with van der Waals surface area (Å²) in [5.41, 5.74) is 2.36. The summed E-state index contributed by atoms with van der Waals surface area (Å²) in [5.74, 6) is 0. The standard InChI is InChI=1S/C10H9BN.2H2O/c1-2-5-9(6-3-1)11-10-7-4-8-12-10;;/h1-8,12H;2*1H2. The van der Waals surface area contributed by atoms with Crippen molar-refractivity contribution in [3.8, 4) is 0 Å². The van der Waals surface area contributed by atoms with Crippen LogP contribution in [0, 0.1) is 0 Å². The molecule has 4 heteroatoms. The van der Waals surface area contributed by atoms with E-state index in [-0.39, 0.29) is 11.0 Å². The lowest BCUT2D eigenvalue weighted by atomic mass is 9.67. The Morgan fingerprint density at radius 3 is 2.14 bits per heavy atom. The van der Waals surface area contributed by atoms with Gasteiger partial charge >= 0.3 is 0 Å². The molecule has 3 nitrogen and oxygen atoms in total. The summed E-state index contributed by atoms with van der Waals surface area (Å²) in [4.78, 5) is 3.13. The zero-order valence-electron chi connectivity index (χ0n) is 7.70. The molecule has 0 aliphatic rings. The number of hydrogen-bond donors (Lipinski definition) is 1. The fourth-order valence-corrected chi connectivity index (χ4v) is 1.16. The molecule has 0 aliphatic carbocycles. The normalized spacial score (nSPS) is 8.29. The number of aromatic amines is 1. The van der Waals surface area contributed by atoms with Crippen LogP contribution in [0.25, 0.3) is 0 Å². The second-order valence-electron chi connectivity index (χ2n) is 2.68. The molecule has 0 spiro atoms. The summed E-state index contributed by atoms with van der Waals surface area (Å²) in [6.45, 7) is 0. The van der Waals surface area contributed by atoms with Crippen LogP contribution in [0.15, 0.2) is 48.7 Å². The maximum atomic E-state index is 3.13. The Balaban J connectivity index is 0.000000845. The van der Waals surface area contributed by atoms with Crippen molar-refractivity contribution >= 4 is 18.3 Å². The van der Waals surface area contributed by atoms with Gasteiger partial charge in [-0.1, -0.05) is 41.9 Å². The lowest BCUT2D eigenvalue weighted by molar-refractivity contribution is 0.823. The third kappa shape index (κ3) is 3.09. The molecule has 0 fully saturated rings. The number of aromatic nitrogens is 1. The van der Waals surface area contributed by atoms with Crippen molar-refractivity contribution in [2.75, 3.05) is 0 Å². The van der Waals surface area contributed by atoms with E-state index in [1.807, 2.05) is 36.5 Å². The van der Waals surface area contributed by atoms with Crippen LogP contribution in [0.4, 0.5) is 0 Å². The van der Waals surface area contributed by atoms with Crippen molar-refractivity contribution in [2.45, 2.75) is 0 Å². The summed E-state index contributed by atoms with van der Waals surface area (Å²) in [7, 11) is 2.11. The molecule has 0 unspecified atom stereocenters. The van der Waals surface area contributed by atoms with Crippen LogP contribution in [0.2, 0.25) is 0 Å². The Morgan fingerprint density at radius 1 is 0.857 bits per heavy atom. The Morgan fingerprint density at radius 2 is 1.57 bits per heavy atom. The molecule has 2 aromatic rings. The zero-order valence-corrected chi connectivity index (χ0v) is 7.70. The van der Waals surface area contributed by atoms with Crippen LogP contribution in [-0.4, -0.2) is 23.2 Å². The molecule has 0 saturated carbocycles. The molecule has 2 rings (SSSR count). The zero-order chi connectivity index (χ0) is 8.23. The summed E-state index contributed by atoms with van der Waals surface area (Å²) in [5, 5.41) is 0. The maximum Gasteiger partial charge on any atom is 0.213 e. The Bertz CT molecular complexity index is 334. The molecule has 1 aromatic heterocycles. The smallest absolute Gasteiger partial charge is 0.213 e. The van der Waals surface area contributed by atoms with Crippen molar-refractivity contribution < 1.29 is 11.0 Å². The molecule has 5 N–H and O–H groups in total. The van der Waals surface area contributed by atoms with Gasteiger partial charge in [-0.25, -0.2) is 0 Å². The van der Waals surface area contributed by atoms with E-state index in [9.17, 15) is 0 Å². The molecular weight excluding hydrogens is 177 g/mol. The quantitative estimate of drug-likeness (QED) is 0.590. The van der Waals surface area contributed by atoms with Crippen molar-refractivity contribution in [1.29, 1.82) is 0 Å². The van der Waals surface area contributed by atoms with Gasteiger partial charge in [0.15, 0.2) is 0 Å². The molecule has 0 aliphatic heterocycles. The van der Waals surface area contributed by atoms with Gasteiger partial charge in [0, 0.05) is 0 Å². The number of hydrogen-bond acceptors (Lipinski definition) is 0. The molecule has 0 amide bonds. The highest BCUT2D eigenvalue weighted by Crippen LogP contribution is 1.81. The first kappa shape index (κ1) is 12.5. The second kappa shape index (κ2) is 6.02. The number of nitrogens with one attached hydrogen (secondary N) is 1. The highest BCUT2D eigenvalue weighted by atomic mass is 16.0. The van der Waals surface area contributed by atoms with Gasteiger partial charge in [-0.05, 0) is 17.9 Å². The van der Waals surface area contributed by atoms with E-state index in [2.05, 4.69) is 24.4 Å². The van der Waals surface area contributed by atoms with Gasteiger partial charge in [-0.3, -0.25) is 0 Å². The summed E-state index contributed by atoms with van der Waals surface area (Å²) in [6, 6.07) is 14.3. The minimum atomic E-state index is 0. The van der Waals surface area contributed by atoms with Crippen LogP contribution >= 0.6 is 0 Å². The van der Waals surface area contributed by atoms with E-state index in [1.165, 1.54) is 5.46 Å². The molecule has 1 heterocycles. The largest absolute Gasteiger partial charge is 0.412 e. The Labute approximate surface area is 83.6 Å². The third-order valence-electron chi connectivity index (χ3n) is 1.74. The van der Waals surface area contributed by atoms with Crippen molar-refractivity contribution in [3.05, 3.63) is 48.7 Å². The lowest BCUT2D eigenvalue weighted by Crippen LogP contribution is -2.27. The molecule has 0 bridgehead atoms. The first-order valence-corrected chi connectivity index (χ1v) is 3.98. The lowest BCUT2D eigenvalue weighted by Gasteiger charge is -1.95. The number of benzene rings is 1. The van der Waals surface area contributed by atoms with E-state index in [1.54, 1.807) is 0 Å². The van der Waals surface area contributed by atoms with Gasteiger partial charge in [-0.15, -0.1) is 0 Å². The molecule has 1 aromatic carbocycles. The first-order chi connectivity index (χ1) is 5.95. The van der Waals surface area contributed by atoms with Crippen molar-refractivity contribution in [3.63, 3.8) is 0 Å². The minimum Gasteiger partial charge on any atom is -0.412 e. The SMILES string of the molecule is O.O.[B](c1ccccc1)c1ccc[nH]1. The number of rotatable bonds is 2. The Hall–Kier alpha value is -1.52. The Kier molecular flexibility index (Phi) is 5.37. The fourth-order valence-electron chi connectivity index (χ4n) is 1.16. The van der Waals surface area contributed by atoms with Gasteiger partial charge in [-0.2, -0.15) is 0 Å². The van der Waals surface area contributed by atoms with Gasteiger partial charge in [0.1, 0.15) is 0 Å². The van der Waals surface area contributed by atoms with Crippen LogP contribution in [0.5, 0.6) is 0 Å². The van der Waals surface area contributed by atoms with E-state index >= 15 is 0 Å². The molecule has 73 valence electrons. The molecule has 0 saturated heterocycles. The summed E-state index contributed by atoms with van der Waals surface area (Å²) >= 11 is 0. The van der Waals surface area contributed by atoms with Crippen LogP contribution < -0.4 is 11.1 Å². The average Bonchev–Trinajstić information content (AvgIpc) is 2.59. The molecule has 0 atom stereocenters.